The van der Waals surface area contributed by atoms with Crippen LogP contribution in [0.1, 0.15) is 88.6 Å². The molecule has 3 aromatic heterocycles. The van der Waals surface area contributed by atoms with E-state index < -0.39 is 0 Å². The number of aromatic nitrogens is 4. The molecule has 9 nitrogen and oxygen atoms in total. The fourth-order valence-electron chi connectivity index (χ4n) is 6.68. The zero-order valence-corrected chi connectivity index (χ0v) is 26.2. The predicted molar refractivity (Wildman–Crippen MR) is 166 cm³/mol. The number of hydrogen-bond acceptors (Lipinski definition) is 7. The van der Waals surface area contributed by atoms with Gasteiger partial charge in [-0.2, -0.15) is 5.10 Å². The largest absolute Gasteiger partial charge is 0.495 e. The van der Waals surface area contributed by atoms with Gasteiger partial charge >= 0.3 is 5.97 Å². The van der Waals surface area contributed by atoms with Crippen LogP contribution in [0, 0.1) is 24.7 Å². The highest BCUT2D eigenvalue weighted by molar-refractivity contribution is 5.95. The van der Waals surface area contributed by atoms with E-state index in [1.165, 1.54) is 7.11 Å². The lowest BCUT2D eigenvalue weighted by molar-refractivity contribution is -0.147. The number of aryl methyl sites for hydroxylation is 1. The van der Waals surface area contributed by atoms with Gasteiger partial charge in [0.1, 0.15) is 11.6 Å². The van der Waals surface area contributed by atoms with Gasteiger partial charge < -0.3 is 9.47 Å². The summed E-state index contributed by atoms with van der Waals surface area (Å²) in [5.74, 6) is 1.99. The summed E-state index contributed by atoms with van der Waals surface area (Å²) < 4.78 is 12.3. The molecule has 1 amide bonds. The summed E-state index contributed by atoms with van der Waals surface area (Å²) in [6, 6.07) is 8.37. The van der Waals surface area contributed by atoms with Gasteiger partial charge in [-0.05, 0) is 108 Å². The number of carbonyl (C=O) groups excluding carboxylic acids is 2. The van der Waals surface area contributed by atoms with Crippen LogP contribution < -0.4 is 9.64 Å². The summed E-state index contributed by atoms with van der Waals surface area (Å²) in [7, 11) is 3.11. The number of rotatable bonds is 9. The van der Waals surface area contributed by atoms with Crippen LogP contribution in [-0.2, 0) is 14.3 Å². The molecule has 0 spiro atoms. The summed E-state index contributed by atoms with van der Waals surface area (Å²) in [4.78, 5) is 37.8. The molecular formula is C34H45N5O4. The van der Waals surface area contributed by atoms with Crippen molar-refractivity contribution in [3.63, 3.8) is 0 Å². The van der Waals surface area contributed by atoms with Crippen molar-refractivity contribution < 1.29 is 19.1 Å². The minimum Gasteiger partial charge on any atom is -0.495 e. The lowest BCUT2D eigenvalue weighted by atomic mass is 9.79. The maximum Gasteiger partial charge on any atom is 0.308 e. The van der Waals surface area contributed by atoms with Crippen molar-refractivity contribution in [1.29, 1.82) is 0 Å². The Bertz CT molecular complexity index is 1400. The summed E-state index contributed by atoms with van der Waals surface area (Å²) in [5.41, 5.74) is 4.05. The van der Waals surface area contributed by atoms with Crippen LogP contribution in [0.5, 0.6) is 5.75 Å². The van der Waals surface area contributed by atoms with Gasteiger partial charge in [-0.3, -0.25) is 24.2 Å². The van der Waals surface area contributed by atoms with E-state index in [1.807, 2.05) is 47.1 Å². The SMILES string of the molecule is COc1ccc([C@H]2CC[C@H](CN(c3cc(-c4cnn(C(C)C)c4)ccn3)C(=O)[C@H]3CC[C@H](C(=O)OC)CC3)CC2)nc1C. The lowest BCUT2D eigenvalue weighted by Gasteiger charge is -2.35. The molecule has 0 saturated heterocycles. The van der Waals surface area contributed by atoms with E-state index in [9.17, 15) is 9.59 Å². The highest BCUT2D eigenvalue weighted by Crippen LogP contribution is 2.38. The molecule has 0 N–H and O–H groups in total. The highest BCUT2D eigenvalue weighted by atomic mass is 16.5. The molecule has 3 aromatic rings. The first-order chi connectivity index (χ1) is 20.8. The highest BCUT2D eigenvalue weighted by Gasteiger charge is 2.35. The number of anilines is 1. The summed E-state index contributed by atoms with van der Waals surface area (Å²) in [6.07, 6.45) is 12.6. The average molecular weight is 588 g/mol. The molecule has 0 radical (unpaired) electrons. The molecule has 5 rings (SSSR count). The van der Waals surface area contributed by atoms with E-state index in [-0.39, 0.29) is 29.8 Å². The van der Waals surface area contributed by atoms with E-state index in [4.69, 9.17) is 19.4 Å². The van der Waals surface area contributed by atoms with E-state index >= 15 is 0 Å². The monoisotopic (exact) mass is 587 g/mol. The van der Waals surface area contributed by atoms with Crippen molar-refractivity contribution in [1.82, 2.24) is 19.7 Å². The second-order valence-electron chi connectivity index (χ2n) is 12.5. The van der Waals surface area contributed by atoms with Crippen molar-refractivity contribution in [3.8, 4) is 16.9 Å². The molecule has 2 fully saturated rings. The standard InChI is InChI=1S/C34H45N5O4/c1-22(2)39-21-29(19-36-39)28-16-17-35-32(18-28)38(33(40)26-10-12-27(13-11-26)34(41)43-5)20-24-6-8-25(9-7-24)30-14-15-31(42-4)23(3)37-30/h14-19,21-22,24-27H,6-13,20H2,1-5H3/t24-,25-,26-,27-. The first kappa shape index (κ1) is 30.7. The Hall–Kier alpha value is -3.75. The van der Waals surface area contributed by atoms with Crippen LogP contribution in [0.2, 0.25) is 0 Å². The number of methoxy groups -OCH3 is 2. The Balaban J connectivity index is 1.33. The third-order valence-electron chi connectivity index (χ3n) is 9.35. The Morgan fingerprint density at radius 1 is 0.977 bits per heavy atom. The molecule has 0 atom stereocenters. The predicted octanol–water partition coefficient (Wildman–Crippen LogP) is 6.52. The Morgan fingerprint density at radius 2 is 1.70 bits per heavy atom. The lowest BCUT2D eigenvalue weighted by Crippen LogP contribution is -2.42. The van der Waals surface area contributed by atoms with Gasteiger partial charge in [0.2, 0.25) is 5.91 Å². The van der Waals surface area contributed by atoms with Crippen LogP contribution in [0.25, 0.3) is 11.1 Å². The van der Waals surface area contributed by atoms with Crippen LogP contribution in [0.4, 0.5) is 5.82 Å². The number of nitrogens with zero attached hydrogens (tertiary/aromatic N) is 5. The zero-order chi connectivity index (χ0) is 30.5. The van der Waals surface area contributed by atoms with E-state index in [0.29, 0.717) is 49.9 Å². The van der Waals surface area contributed by atoms with Crippen molar-refractivity contribution >= 4 is 17.7 Å². The Labute approximate surface area is 255 Å². The fourth-order valence-corrected chi connectivity index (χ4v) is 6.68. The molecular weight excluding hydrogens is 542 g/mol. The van der Waals surface area contributed by atoms with Crippen molar-refractivity contribution in [3.05, 3.63) is 54.2 Å². The average Bonchev–Trinajstić information content (AvgIpc) is 3.54. The second-order valence-corrected chi connectivity index (χ2v) is 12.5. The van der Waals surface area contributed by atoms with Crippen LogP contribution in [0.3, 0.4) is 0 Å². The van der Waals surface area contributed by atoms with Crippen LogP contribution >= 0.6 is 0 Å². The first-order valence-electron chi connectivity index (χ1n) is 15.7. The van der Waals surface area contributed by atoms with Gasteiger partial charge in [0, 0.05) is 48.1 Å². The van der Waals surface area contributed by atoms with Gasteiger partial charge in [0.05, 0.1) is 32.0 Å². The number of esters is 1. The maximum atomic E-state index is 14.2. The molecule has 2 aliphatic carbocycles. The summed E-state index contributed by atoms with van der Waals surface area (Å²) in [6.45, 7) is 6.83. The third kappa shape index (κ3) is 7.08. The van der Waals surface area contributed by atoms with Crippen LogP contribution in [0.15, 0.2) is 42.9 Å². The molecule has 3 heterocycles. The molecule has 43 heavy (non-hydrogen) atoms. The van der Waals surface area contributed by atoms with E-state index in [1.54, 1.807) is 13.3 Å². The molecule has 9 heteroatoms. The number of amides is 1. The molecule has 2 saturated carbocycles. The summed E-state index contributed by atoms with van der Waals surface area (Å²) in [5, 5.41) is 4.51. The van der Waals surface area contributed by atoms with E-state index in [0.717, 1.165) is 53.9 Å². The maximum absolute atomic E-state index is 14.2. The van der Waals surface area contributed by atoms with Crippen molar-refractivity contribution in [2.45, 2.75) is 84.1 Å². The molecule has 0 aliphatic heterocycles. The normalized spacial score (nSPS) is 22.3. The minimum atomic E-state index is -0.169. The third-order valence-corrected chi connectivity index (χ3v) is 9.35. The number of pyridine rings is 2. The second kappa shape index (κ2) is 13.7. The van der Waals surface area contributed by atoms with Crippen molar-refractivity contribution in [2.24, 2.45) is 17.8 Å². The molecule has 230 valence electrons. The zero-order valence-electron chi connectivity index (χ0n) is 26.2. The topological polar surface area (TPSA) is 99.4 Å². The Morgan fingerprint density at radius 3 is 2.33 bits per heavy atom. The molecule has 0 unspecified atom stereocenters. The van der Waals surface area contributed by atoms with Gasteiger partial charge in [-0.15, -0.1) is 0 Å². The Kier molecular flexibility index (Phi) is 9.78. The smallest absolute Gasteiger partial charge is 0.308 e. The quantitative estimate of drug-likeness (QED) is 0.263. The summed E-state index contributed by atoms with van der Waals surface area (Å²) >= 11 is 0. The number of carbonyl (C=O) groups is 2. The van der Waals surface area contributed by atoms with Gasteiger partial charge in [-0.1, -0.05) is 0 Å². The van der Waals surface area contributed by atoms with Gasteiger partial charge in [0.25, 0.3) is 0 Å². The van der Waals surface area contributed by atoms with Gasteiger partial charge in [0.15, 0.2) is 0 Å². The van der Waals surface area contributed by atoms with Gasteiger partial charge in [-0.25, -0.2) is 4.98 Å². The number of hydrogen-bond donors (Lipinski definition) is 0. The first-order valence-corrected chi connectivity index (χ1v) is 15.7. The van der Waals surface area contributed by atoms with Crippen molar-refractivity contribution in [2.75, 3.05) is 25.7 Å². The molecule has 0 bridgehead atoms. The molecule has 2 aliphatic rings. The van der Waals surface area contributed by atoms with E-state index in [2.05, 4.69) is 25.0 Å². The minimum absolute atomic E-state index is 0.111. The fraction of sp³-hybridized carbons (Fsp3) is 0.559. The van der Waals surface area contributed by atoms with Crippen LogP contribution in [-0.4, -0.2) is 52.4 Å². The molecule has 0 aromatic carbocycles. The number of ether oxygens (including phenoxy) is 2.